The lowest BCUT2D eigenvalue weighted by atomic mass is 9.72. The monoisotopic (exact) mass is 1140 g/mol. The van der Waals surface area contributed by atoms with Crippen molar-refractivity contribution in [3.63, 3.8) is 0 Å². The van der Waals surface area contributed by atoms with Crippen LogP contribution in [0.25, 0.3) is 0 Å². The molecule has 0 saturated heterocycles. The number of unbranched alkanes of at least 4 members (excludes halogenated alkanes) is 24. The fourth-order valence-corrected chi connectivity index (χ4v) is 10.2. The summed E-state index contributed by atoms with van der Waals surface area (Å²) in [6, 6.07) is 0. The van der Waals surface area contributed by atoms with Gasteiger partial charge in [0.2, 0.25) is 5.91 Å². The average Bonchev–Trinajstić information content (AvgIpc) is 3.40. The van der Waals surface area contributed by atoms with Crippen molar-refractivity contribution < 1.29 is 47.2 Å². The van der Waals surface area contributed by atoms with E-state index in [1.165, 1.54) is 133 Å². The molecule has 460 valence electrons. The smallest absolute Gasteiger partial charge is 0.462 e. The van der Waals surface area contributed by atoms with Crippen LogP contribution in [-0.2, 0) is 42.3 Å². The largest absolute Gasteiger partial charge is 0.472 e. The molecule has 11 nitrogen and oxygen atoms in total. The number of hydrogen-bond acceptors (Lipinski definition) is 9. The molecule has 0 aliphatic heterocycles. The maximum atomic E-state index is 12.6. The SMILES string of the molecule is CCCCCC(=O)/C=C(C)/C=C/C=C(C)/C=C/C1=C(C)CCCC1(C)C.CCCCCCCC/C=C\CCCCCCCC(=O)OC[C@H](COP(=O)(O)OCCNC(C)=O)OC(=O)CCCCCCC/C=C\CCCCCCCC. The quantitative estimate of drug-likeness (QED) is 0.0150. The normalized spacial score (nSPS) is 15.2. The Balaban J connectivity index is 0.00000199. The van der Waals surface area contributed by atoms with E-state index in [4.69, 9.17) is 18.5 Å². The second-order valence-corrected chi connectivity index (χ2v) is 24.3. The topological polar surface area (TPSA) is 155 Å². The number of phosphoric ester groups is 1. The van der Waals surface area contributed by atoms with Gasteiger partial charge in [0.1, 0.15) is 6.61 Å². The molecule has 0 saturated carbocycles. The summed E-state index contributed by atoms with van der Waals surface area (Å²) in [7, 11) is -4.49. The Morgan fingerprint density at radius 3 is 1.60 bits per heavy atom. The van der Waals surface area contributed by atoms with Gasteiger partial charge in [0.05, 0.1) is 13.2 Å². The molecule has 0 spiro atoms. The van der Waals surface area contributed by atoms with Gasteiger partial charge in [-0.2, -0.15) is 0 Å². The number of carbonyl (C=O) groups is 4. The molecule has 2 N–H and O–H groups in total. The summed E-state index contributed by atoms with van der Waals surface area (Å²) < 4.78 is 33.1. The number of rotatable bonds is 49. The van der Waals surface area contributed by atoms with Crippen molar-refractivity contribution in [1.82, 2.24) is 5.32 Å². The summed E-state index contributed by atoms with van der Waals surface area (Å²) in [5.74, 6) is -0.948. The molecule has 2 atom stereocenters. The number of allylic oxidation sites excluding steroid dienone is 14. The van der Waals surface area contributed by atoms with Gasteiger partial charge in [-0.15, -0.1) is 0 Å². The Morgan fingerprint density at radius 1 is 0.613 bits per heavy atom. The van der Waals surface area contributed by atoms with E-state index in [1.807, 2.05) is 19.1 Å². The lowest BCUT2D eigenvalue weighted by Gasteiger charge is -2.32. The van der Waals surface area contributed by atoms with E-state index in [9.17, 15) is 28.6 Å². The van der Waals surface area contributed by atoms with E-state index in [1.54, 1.807) is 6.08 Å². The van der Waals surface area contributed by atoms with Gasteiger partial charge in [0.15, 0.2) is 11.9 Å². The number of phosphoric acid groups is 1. The van der Waals surface area contributed by atoms with Crippen molar-refractivity contribution in [1.29, 1.82) is 0 Å². The third kappa shape index (κ3) is 49.0. The van der Waals surface area contributed by atoms with Gasteiger partial charge in [0.25, 0.3) is 0 Å². The highest BCUT2D eigenvalue weighted by molar-refractivity contribution is 7.47. The zero-order valence-electron chi connectivity index (χ0n) is 52.5. The van der Waals surface area contributed by atoms with Gasteiger partial charge in [-0.3, -0.25) is 28.2 Å². The summed E-state index contributed by atoms with van der Waals surface area (Å²) in [6.45, 7) is 18.1. The number of ketones is 1. The average molecular weight is 1140 g/mol. The van der Waals surface area contributed by atoms with Crippen LogP contribution in [0.3, 0.4) is 0 Å². The van der Waals surface area contributed by atoms with E-state index in [0.717, 1.165) is 89.0 Å². The third-order valence-electron chi connectivity index (χ3n) is 14.4. The molecule has 0 fully saturated rings. The molecule has 12 heteroatoms. The standard InChI is InChI=1S/C43H80NO9P.C25H38O/c1-4-6-8-10-12-14-16-18-20-22-24-26-28-30-32-34-42(46)50-38-41(39-52-54(48,49)51-37-36-44-40(3)45)53-43(47)35-33-31-29-27-25-23-21-19-17-15-13-11-9-7-5-2;1-7-8-9-15-23(26)19-21(3)13-10-12-20(2)16-17-24-22(4)14-11-18-25(24,5)6/h18-21,41H,4-17,22-39H2,1-3H3,(H,44,45)(H,48,49);10,12-13,16-17,19H,7-9,11,14-15,18H2,1-6H3/b20-18-,21-19-;13-10+,17-16+,20-12+,21-19+/t41-;/m1./s1. The molecule has 0 aromatic heterocycles. The predicted octanol–water partition coefficient (Wildman–Crippen LogP) is 19.5. The van der Waals surface area contributed by atoms with E-state index in [0.29, 0.717) is 19.3 Å². The Hall–Kier alpha value is -3.63. The van der Waals surface area contributed by atoms with Crippen LogP contribution in [0, 0.1) is 5.41 Å². The number of nitrogens with one attached hydrogen (secondary N) is 1. The van der Waals surface area contributed by atoms with Gasteiger partial charge in [0, 0.05) is 32.7 Å². The Morgan fingerprint density at radius 2 is 1.09 bits per heavy atom. The minimum atomic E-state index is -4.49. The van der Waals surface area contributed by atoms with Crippen molar-refractivity contribution in [3.05, 3.63) is 83.1 Å². The Bertz CT molecular complexity index is 1890. The molecule has 0 heterocycles. The molecule has 1 amide bonds. The molecule has 0 aromatic rings. The van der Waals surface area contributed by atoms with Crippen molar-refractivity contribution in [2.24, 2.45) is 5.41 Å². The zero-order chi connectivity index (χ0) is 59.4. The van der Waals surface area contributed by atoms with Crippen LogP contribution in [0.15, 0.2) is 83.1 Å². The van der Waals surface area contributed by atoms with Crippen LogP contribution in [0.5, 0.6) is 0 Å². The lowest BCUT2D eigenvalue weighted by molar-refractivity contribution is -0.161. The van der Waals surface area contributed by atoms with E-state index in [2.05, 4.69) is 96.3 Å². The minimum Gasteiger partial charge on any atom is -0.462 e. The molecule has 0 bridgehead atoms. The van der Waals surface area contributed by atoms with Gasteiger partial charge < -0.3 is 19.7 Å². The second-order valence-electron chi connectivity index (χ2n) is 22.9. The highest BCUT2D eigenvalue weighted by Crippen LogP contribution is 2.43. The first-order valence-electron chi connectivity index (χ1n) is 31.9. The summed E-state index contributed by atoms with van der Waals surface area (Å²) in [5.41, 5.74) is 5.55. The summed E-state index contributed by atoms with van der Waals surface area (Å²) in [4.78, 5) is 58.0. The number of ether oxygens (including phenoxy) is 2. The second kappa shape index (κ2) is 52.2. The molecule has 1 aliphatic carbocycles. The molecule has 1 aliphatic rings. The fourth-order valence-electron chi connectivity index (χ4n) is 9.46. The van der Waals surface area contributed by atoms with E-state index < -0.39 is 32.5 Å². The lowest BCUT2D eigenvalue weighted by Crippen LogP contribution is -2.30. The molecule has 0 aromatic carbocycles. The van der Waals surface area contributed by atoms with Crippen molar-refractivity contribution in [2.75, 3.05) is 26.4 Å². The van der Waals surface area contributed by atoms with Crippen LogP contribution in [-0.4, -0.2) is 61.0 Å². The fraction of sp³-hybridized carbons (Fsp3) is 0.735. The van der Waals surface area contributed by atoms with Crippen LogP contribution in [0.1, 0.15) is 287 Å². The zero-order valence-corrected chi connectivity index (χ0v) is 53.4. The first kappa shape index (κ1) is 76.4. The third-order valence-corrected chi connectivity index (χ3v) is 15.3. The van der Waals surface area contributed by atoms with E-state index in [-0.39, 0.29) is 49.7 Å². The molecule has 1 rings (SSSR count). The molecular formula is C68H118NO10P. The Labute approximate surface area is 489 Å². The van der Waals surface area contributed by atoms with Gasteiger partial charge in [-0.05, 0) is 133 Å². The predicted molar refractivity (Wildman–Crippen MR) is 335 cm³/mol. The van der Waals surface area contributed by atoms with Gasteiger partial charge in [-0.25, -0.2) is 4.57 Å². The first-order valence-corrected chi connectivity index (χ1v) is 33.4. The maximum absolute atomic E-state index is 12.6. The van der Waals surface area contributed by atoms with Gasteiger partial charge >= 0.3 is 19.8 Å². The summed E-state index contributed by atoms with van der Waals surface area (Å²) in [6.07, 6.45) is 59.0. The maximum Gasteiger partial charge on any atom is 0.472 e. The van der Waals surface area contributed by atoms with Crippen LogP contribution >= 0.6 is 7.82 Å². The molecule has 80 heavy (non-hydrogen) atoms. The van der Waals surface area contributed by atoms with E-state index >= 15 is 0 Å². The van der Waals surface area contributed by atoms with Crippen molar-refractivity contribution >= 4 is 31.5 Å². The molecule has 0 radical (unpaired) electrons. The van der Waals surface area contributed by atoms with Crippen LogP contribution in [0.4, 0.5) is 0 Å². The van der Waals surface area contributed by atoms with Gasteiger partial charge in [-0.1, -0.05) is 216 Å². The van der Waals surface area contributed by atoms with Crippen molar-refractivity contribution in [3.8, 4) is 0 Å². The molecule has 1 unspecified atom stereocenters. The number of amides is 1. The van der Waals surface area contributed by atoms with Crippen LogP contribution in [0.2, 0.25) is 0 Å². The van der Waals surface area contributed by atoms with Crippen molar-refractivity contribution in [2.45, 2.75) is 293 Å². The van der Waals surface area contributed by atoms with Crippen LogP contribution < -0.4 is 5.32 Å². The first-order chi connectivity index (χ1) is 38.5. The number of esters is 2. The minimum absolute atomic E-state index is 0.0333. The summed E-state index contributed by atoms with van der Waals surface area (Å²) in [5, 5.41) is 2.46. The Kier molecular flexibility index (Phi) is 49.8. The molecular weight excluding hydrogens is 1020 g/mol. The number of hydrogen-bond donors (Lipinski definition) is 2. The number of carbonyl (C=O) groups excluding carboxylic acids is 4. The highest BCUT2D eigenvalue weighted by atomic mass is 31.2. The summed E-state index contributed by atoms with van der Waals surface area (Å²) >= 11 is 0. The highest BCUT2D eigenvalue weighted by Gasteiger charge is 2.27.